The highest BCUT2D eigenvalue weighted by Gasteiger charge is 2.25. The zero-order valence-corrected chi connectivity index (χ0v) is 19.0. The number of nitrogens with one attached hydrogen (secondary N) is 2. The molecule has 0 bridgehead atoms. The van der Waals surface area contributed by atoms with Gasteiger partial charge in [-0.15, -0.1) is 11.3 Å². The lowest BCUT2D eigenvalue weighted by molar-refractivity contribution is 0.102. The summed E-state index contributed by atoms with van der Waals surface area (Å²) >= 11 is 6.96. The number of aromatic nitrogens is 2. The Kier molecular flexibility index (Phi) is 6.15. The van der Waals surface area contributed by atoms with Crippen LogP contribution in [-0.4, -0.2) is 32.4 Å². The Hall–Kier alpha value is -3.04. The number of carbonyl (C=O) groups is 1. The van der Waals surface area contributed by atoms with Crippen LogP contribution in [0.5, 0.6) is 0 Å². The van der Waals surface area contributed by atoms with Crippen LogP contribution in [-0.2, 0) is 13.0 Å². The number of thiocarbonyl (C=S) groups is 1. The maximum absolute atomic E-state index is 12.8. The molecule has 0 saturated heterocycles. The van der Waals surface area contributed by atoms with Gasteiger partial charge < -0.3 is 21.3 Å². The number of nitrogen functional groups attached to an aromatic ring is 1. The molecule has 0 spiro atoms. The van der Waals surface area contributed by atoms with Crippen LogP contribution in [0.25, 0.3) is 0 Å². The highest BCUT2D eigenvalue weighted by atomic mass is 32.1. The number of nitrogens with zero attached hydrogens (tertiary/aromatic N) is 3. The fourth-order valence-electron chi connectivity index (χ4n) is 3.32. The molecule has 160 valence electrons. The first-order chi connectivity index (χ1) is 14.9. The first kappa shape index (κ1) is 21.2. The number of thiazole rings is 1. The SMILES string of the molecule is CC(C)c1ccc(N)c(NC(=O)c2nc3c(s2)CN(C(=S)Nc2cccnc2)CC3)c1. The lowest BCUT2D eigenvalue weighted by Gasteiger charge is -2.28. The monoisotopic (exact) mass is 452 g/mol. The zero-order chi connectivity index (χ0) is 22.0. The van der Waals surface area contributed by atoms with Gasteiger partial charge in [0.15, 0.2) is 10.1 Å². The van der Waals surface area contributed by atoms with Gasteiger partial charge in [-0.1, -0.05) is 19.9 Å². The average Bonchev–Trinajstić information content (AvgIpc) is 3.19. The lowest BCUT2D eigenvalue weighted by atomic mass is 10.0. The van der Waals surface area contributed by atoms with Crippen LogP contribution in [0.1, 0.15) is 45.7 Å². The van der Waals surface area contributed by atoms with Gasteiger partial charge in [-0.25, -0.2) is 4.98 Å². The Labute approximate surface area is 190 Å². The molecule has 3 aromatic rings. The predicted molar refractivity (Wildman–Crippen MR) is 130 cm³/mol. The summed E-state index contributed by atoms with van der Waals surface area (Å²) in [5, 5.41) is 7.21. The molecule has 0 aliphatic carbocycles. The molecule has 7 nitrogen and oxygen atoms in total. The van der Waals surface area contributed by atoms with Crippen molar-refractivity contribution < 1.29 is 4.79 Å². The number of nitrogens with two attached hydrogens (primary N) is 1. The fraction of sp³-hybridized carbons (Fsp3) is 0.273. The summed E-state index contributed by atoms with van der Waals surface area (Å²) in [6.45, 7) is 5.57. The summed E-state index contributed by atoms with van der Waals surface area (Å²) in [6, 6.07) is 9.51. The number of amides is 1. The molecule has 3 heterocycles. The summed E-state index contributed by atoms with van der Waals surface area (Å²) < 4.78 is 0. The van der Waals surface area contributed by atoms with Gasteiger partial charge in [-0.2, -0.15) is 0 Å². The Morgan fingerprint density at radius 3 is 2.87 bits per heavy atom. The van der Waals surface area contributed by atoms with Gasteiger partial charge in [0.2, 0.25) is 0 Å². The van der Waals surface area contributed by atoms with Crippen molar-refractivity contribution in [2.45, 2.75) is 32.7 Å². The third-order valence-corrected chi connectivity index (χ3v) is 6.56. The molecular weight excluding hydrogens is 428 g/mol. The molecule has 31 heavy (non-hydrogen) atoms. The summed E-state index contributed by atoms with van der Waals surface area (Å²) in [7, 11) is 0. The molecule has 0 saturated carbocycles. The van der Waals surface area contributed by atoms with E-state index in [1.54, 1.807) is 12.4 Å². The van der Waals surface area contributed by atoms with Crippen molar-refractivity contribution in [3.05, 3.63) is 63.9 Å². The largest absolute Gasteiger partial charge is 0.397 e. The molecule has 0 fully saturated rings. The van der Waals surface area contributed by atoms with E-state index < -0.39 is 0 Å². The number of rotatable bonds is 4. The van der Waals surface area contributed by atoms with Crippen LogP contribution in [0.4, 0.5) is 17.1 Å². The molecule has 1 amide bonds. The molecule has 0 atom stereocenters. The highest BCUT2D eigenvalue weighted by molar-refractivity contribution is 7.80. The van der Waals surface area contributed by atoms with Crippen LogP contribution < -0.4 is 16.4 Å². The van der Waals surface area contributed by atoms with Crippen molar-refractivity contribution in [2.75, 3.05) is 22.9 Å². The second-order valence-corrected chi connectivity index (χ2v) is 9.16. The van der Waals surface area contributed by atoms with Crippen LogP contribution in [0.3, 0.4) is 0 Å². The number of benzene rings is 1. The zero-order valence-electron chi connectivity index (χ0n) is 17.4. The number of carbonyl (C=O) groups excluding carboxylic acids is 1. The van der Waals surface area contributed by atoms with Gasteiger partial charge in [0.1, 0.15) is 0 Å². The van der Waals surface area contributed by atoms with E-state index in [0.717, 1.165) is 34.8 Å². The first-order valence-electron chi connectivity index (χ1n) is 10.1. The Morgan fingerprint density at radius 2 is 2.13 bits per heavy atom. The number of anilines is 3. The van der Waals surface area contributed by atoms with E-state index in [9.17, 15) is 4.79 Å². The fourth-order valence-corrected chi connectivity index (χ4v) is 4.61. The molecule has 1 aliphatic rings. The predicted octanol–water partition coefficient (Wildman–Crippen LogP) is 4.25. The first-order valence-corrected chi connectivity index (χ1v) is 11.3. The maximum atomic E-state index is 12.8. The van der Waals surface area contributed by atoms with Crippen LogP contribution in [0.15, 0.2) is 42.7 Å². The summed E-state index contributed by atoms with van der Waals surface area (Å²) in [5.74, 6) is 0.105. The van der Waals surface area contributed by atoms with Crippen molar-refractivity contribution in [3.63, 3.8) is 0 Å². The van der Waals surface area contributed by atoms with E-state index in [-0.39, 0.29) is 5.91 Å². The van der Waals surface area contributed by atoms with Gasteiger partial charge in [0.25, 0.3) is 5.91 Å². The van der Waals surface area contributed by atoms with E-state index in [4.69, 9.17) is 18.0 Å². The molecule has 4 rings (SSSR count). The number of hydrogen-bond acceptors (Lipinski definition) is 6. The minimum absolute atomic E-state index is 0.241. The van der Waals surface area contributed by atoms with Crippen LogP contribution in [0, 0.1) is 0 Å². The molecule has 0 radical (unpaired) electrons. The topological polar surface area (TPSA) is 96.2 Å². The van der Waals surface area contributed by atoms with E-state index in [0.29, 0.717) is 34.0 Å². The third-order valence-electron chi connectivity index (χ3n) is 5.12. The number of hydrogen-bond donors (Lipinski definition) is 3. The molecule has 9 heteroatoms. The Bertz CT molecular complexity index is 1110. The number of pyridine rings is 1. The van der Waals surface area contributed by atoms with E-state index >= 15 is 0 Å². The maximum Gasteiger partial charge on any atom is 0.284 e. The van der Waals surface area contributed by atoms with Gasteiger partial charge in [0, 0.05) is 24.0 Å². The molecule has 4 N–H and O–H groups in total. The van der Waals surface area contributed by atoms with Crippen LogP contribution >= 0.6 is 23.6 Å². The minimum atomic E-state index is -0.241. The Balaban J connectivity index is 1.45. The van der Waals surface area contributed by atoms with Crippen molar-refractivity contribution in [1.29, 1.82) is 0 Å². The average molecular weight is 453 g/mol. The van der Waals surface area contributed by atoms with Gasteiger partial charge in [0.05, 0.1) is 35.5 Å². The Morgan fingerprint density at radius 1 is 1.29 bits per heavy atom. The standard InChI is InChI=1S/C22H24N6OS2/c1-13(2)14-5-6-16(23)18(10-14)26-20(29)21-27-17-7-9-28(12-19(17)31-21)22(30)25-15-4-3-8-24-11-15/h3-6,8,10-11,13H,7,9,12,23H2,1-2H3,(H,25,30)(H,26,29). The summed E-state index contributed by atoms with van der Waals surface area (Å²) in [5.41, 5.74) is 10.1. The summed E-state index contributed by atoms with van der Waals surface area (Å²) in [4.78, 5) is 24.6. The van der Waals surface area contributed by atoms with Crippen molar-refractivity contribution in [1.82, 2.24) is 14.9 Å². The third kappa shape index (κ3) is 4.83. The second kappa shape index (κ2) is 8.99. The molecule has 1 aliphatic heterocycles. The quantitative estimate of drug-likeness (QED) is 0.402. The summed E-state index contributed by atoms with van der Waals surface area (Å²) in [6.07, 6.45) is 4.19. The van der Waals surface area contributed by atoms with Gasteiger partial charge >= 0.3 is 0 Å². The van der Waals surface area contributed by atoms with E-state index in [2.05, 4.69) is 39.3 Å². The van der Waals surface area contributed by atoms with Gasteiger partial charge in [-0.05, 0) is 48.0 Å². The molecular formula is C22H24N6OS2. The normalized spacial score (nSPS) is 13.1. The van der Waals surface area contributed by atoms with Gasteiger partial charge in [-0.3, -0.25) is 9.78 Å². The van der Waals surface area contributed by atoms with E-state index in [1.807, 2.05) is 30.3 Å². The number of fused-ring (bicyclic) bond motifs is 1. The van der Waals surface area contributed by atoms with Crippen molar-refractivity contribution >= 4 is 51.6 Å². The van der Waals surface area contributed by atoms with E-state index in [1.165, 1.54) is 11.3 Å². The minimum Gasteiger partial charge on any atom is -0.397 e. The smallest absolute Gasteiger partial charge is 0.284 e. The molecule has 2 aromatic heterocycles. The van der Waals surface area contributed by atoms with Crippen molar-refractivity contribution in [3.8, 4) is 0 Å². The highest BCUT2D eigenvalue weighted by Crippen LogP contribution is 2.28. The second-order valence-electron chi connectivity index (χ2n) is 7.69. The molecule has 1 aromatic carbocycles. The van der Waals surface area contributed by atoms with Crippen LogP contribution in [0.2, 0.25) is 0 Å². The lowest BCUT2D eigenvalue weighted by Crippen LogP contribution is -2.38. The molecule has 0 unspecified atom stereocenters. The van der Waals surface area contributed by atoms with Crippen molar-refractivity contribution in [2.24, 2.45) is 0 Å².